The summed E-state index contributed by atoms with van der Waals surface area (Å²) < 4.78 is 30.4. The van der Waals surface area contributed by atoms with Gasteiger partial charge in [0.25, 0.3) is 7.82 Å². The Bertz CT molecular complexity index is 1320. The maximum atomic E-state index is 13.5. The molecule has 1 N–H and O–H groups in total. The van der Waals surface area contributed by atoms with Crippen LogP contribution in [0.1, 0.15) is 355 Å². The number of rotatable bonds is 63. The highest BCUT2D eigenvalue weighted by Crippen LogP contribution is 2.38. The summed E-state index contributed by atoms with van der Waals surface area (Å²) in [6.07, 6.45) is 67.6. The second-order valence-electron chi connectivity index (χ2n) is 24.7. The molecule has 9 nitrogen and oxygen atoms in total. The van der Waals surface area contributed by atoms with Gasteiger partial charge in [0.1, 0.15) is 19.3 Å². The monoisotopic (exact) mass is 1110 g/mol. The topological polar surface area (TPSA) is 114 Å². The normalized spacial score (nSPS) is 13.6. The molecule has 0 spiro atoms. The minimum Gasteiger partial charge on any atom is -0.756 e. The van der Waals surface area contributed by atoms with Crippen LogP contribution in [0.4, 0.5) is 0 Å². The van der Waals surface area contributed by atoms with Crippen molar-refractivity contribution < 1.29 is 37.3 Å². The zero-order valence-corrected chi connectivity index (χ0v) is 53.3. The molecule has 0 bridgehead atoms. The third-order valence-electron chi connectivity index (χ3n) is 15.7. The minimum absolute atomic E-state index is 0.0166. The number of carbonyl (C=O) groups excluding carboxylic acids is 2. The fourth-order valence-corrected chi connectivity index (χ4v) is 11.2. The fourth-order valence-electron chi connectivity index (χ4n) is 10.5. The van der Waals surface area contributed by atoms with Gasteiger partial charge in [0.15, 0.2) is 0 Å². The van der Waals surface area contributed by atoms with Gasteiger partial charge >= 0.3 is 5.97 Å². The Morgan fingerprint density at radius 1 is 0.442 bits per heavy atom. The van der Waals surface area contributed by atoms with Crippen LogP contribution >= 0.6 is 7.82 Å². The van der Waals surface area contributed by atoms with Gasteiger partial charge in [-0.15, -0.1) is 0 Å². The number of nitrogens with one attached hydrogen (secondary N) is 1. The van der Waals surface area contributed by atoms with Gasteiger partial charge in [-0.05, 0) is 31.8 Å². The van der Waals surface area contributed by atoms with Crippen molar-refractivity contribution in [3.8, 4) is 0 Å². The predicted molar refractivity (Wildman–Crippen MR) is 330 cm³/mol. The Kier molecular flexibility index (Phi) is 57.0. The molecule has 77 heavy (non-hydrogen) atoms. The van der Waals surface area contributed by atoms with Crippen molar-refractivity contribution in [1.82, 2.24) is 5.32 Å². The molecule has 0 fully saturated rings. The number of phosphoric ester groups is 1. The van der Waals surface area contributed by atoms with Gasteiger partial charge in [0.2, 0.25) is 5.91 Å². The molecule has 458 valence electrons. The number of likely N-dealkylation sites (N-methyl/N-ethyl adjacent to an activating group) is 1. The number of carbonyl (C=O) groups is 2. The maximum absolute atomic E-state index is 13.5. The highest BCUT2D eigenvalue weighted by molar-refractivity contribution is 7.45. The quantitative estimate of drug-likeness (QED) is 0.0212. The van der Waals surface area contributed by atoms with Crippen LogP contribution in [0.2, 0.25) is 0 Å². The molecule has 0 radical (unpaired) electrons. The number of ether oxygens (including phenoxy) is 1. The first-order chi connectivity index (χ1) is 37.4. The highest BCUT2D eigenvalue weighted by Gasteiger charge is 2.27. The molecule has 0 aromatic heterocycles. The number of phosphoric acid groups is 1. The molecule has 3 atom stereocenters. The molecule has 0 heterocycles. The van der Waals surface area contributed by atoms with Crippen molar-refractivity contribution in [1.29, 1.82) is 0 Å². The zero-order chi connectivity index (χ0) is 56.4. The minimum atomic E-state index is -4.69. The third-order valence-corrected chi connectivity index (χ3v) is 16.7. The van der Waals surface area contributed by atoms with Gasteiger partial charge in [-0.25, -0.2) is 0 Å². The molecule has 10 heteroatoms. The molecule has 3 unspecified atom stereocenters. The van der Waals surface area contributed by atoms with Crippen molar-refractivity contribution in [2.45, 2.75) is 367 Å². The van der Waals surface area contributed by atoms with E-state index >= 15 is 0 Å². The number of allylic oxidation sites excluding steroid dienone is 1. The summed E-state index contributed by atoms with van der Waals surface area (Å²) in [6.45, 7) is 6.91. The largest absolute Gasteiger partial charge is 0.756 e. The van der Waals surface area contributed by atoms with Crippen LogP contribution in [0.5, 0.6) is 0 Å². The molecular formula is C67H133N2O7P. The van der Waals surface area contributed by atoms with Crippen LogP contribution < -0.4 is 10.2 Å². The first kappa shape index (κ1) is 75.8. The van der Waals surface area contributed by atoms with Gasteiger partial charge in [0, 0.05) is 12.8 Å². The standard InChI is InChI=1S/C67H133N2O7P/c1-7-10-13-16-19-22-25-28-29-30-31-32-33-34-35-36-37-38-39-42-45-48-51-54-57-60-67(71)76-65(58-55-52-49-46-43-40-26-23-20-17-14-11-8-2)64(63-75-77(72,73)74-62-61-69(4,5)6)68-66(70)59-56-53-50-47-44-41-27-24-21-18-15-12-9-3/h55,58,64-65H,7-54,56-57,59-63H2,1-6H3,(H-,68,70,72,73)/b58-55-. The average Bonchev–Trinajstić information content (AvgIpc) is 3.39. The molecule has 0 aromatic carbocycles. The molecule has 0 rings (SSSR count). The van der Waals surface area contributed by atoms with Crippen LogP contribution in [-0.2, 0) is 27.9 Å². The third kappa shape index (κ3) is 59.2. The summed E-state index contributed by atoms with van der Waals surface area (Å²) in [7, 11) is 1.21. The number of hydrogen-bond acceptors (Lipinski definition) is 7. The van der Waals surface area contributed by atoms with Gasteiger partial charge in [0.05, 0.1) is 33.8 Å². The van der Waals surface area contributed by atoms with Gasteiger partial charge in [-0.3, -0.25) is 14.2 Å². The number of nitrogens with zero attached hydrogens (tertiary/aromatic N) is 1. The number of unbranched alkanes of at least 4 members (excludes halogenated alkanes) is 47. The highest BCUT2D eigenvalue weighted by atomic mass is 31.2. The molecule has 0 aliphatic heterocycles. The van der Waals surface area contributed by atoms with E-state index in [9.17, 15) is 19.0 Å². The Labute approximate surface area is 480 Å². The fraction of sp³-hybridized carbons (Fsp3) is 0.940. The summed E-state index contributed by atoms with van der Waals surface area (Å²) in [5.41, 5.74) is 0. The Morgan fingerprint density at radius 3 is 1.06 bits per heavy atom. The SMILES string of the molecule is CCCCCCCCCCCCC/C=C\C(OC(=O)CCCCCCCCCCCCCCCCCCCCCCCCCCC)C(COP(=O)([O-])OCC[N+](C)(C)C)NC(=O)CCCCCCCCCCCCCCC. The first-order valence-electron chi connectivity index (χ1n) is 34.0. The summed E-state index contributed by atoms with van der Waals surface area (Å²) in [5, 5.41) is 3.04. The number of amides is 1. The molecule has 0 aliphatic rings. The number of esters is 1. The van der Waals surface area contributed by atoms with E-state index in [0.29, 0.717) is 17.4 Å². The molecule has 0 aromatic rings. The zero-order valence-electron chi connectivity index (χ0n) is 52.5. The van der Waals surface area contributed by atoms with E-state index in [1.54, 1.807) is 0 Å². The lowest BCUT2D eigenvalue weighted by molar-refractivity contribution is -0.870. The lowest BCUT2D eigenvalue weighted by Gasteiger charge is -2.30. The van der Waals surface area contributed by atoms with E-state index in [-0.39, 0.29) is 31.5 Å². The van der Waals surface area contributed by atoms with Gasteiger partial charge < -0.3 is 28.5 Å². The Hall–Kier alpha value is -1.25. The molecule has 0 saturated heterocycles. The van der Waals surface area contributed by atoms with Crippen molar-refractivity contribution >= 4 is 19.7 Å². The van der Waals surface area contributed by atoms with E-state index < -0.39 is 20.0 Å². The molecule has 1 amide bonds. The second-order valence-corrected chi connectivity index (χ2v) is 26.1. The summed E-state index contributed by atoms with van der Waals surface area (Å²) >= 11 is 0. The lowest BCUT2D eigenvalue weighted by atomic mass is 10.0. The smallest absolute Gasteiger partial charge is 0.306 e. The number of quaternary nitrogens is 1. The molecule has 0 aliphatic carbocycles. The van der Waals surface area contributed by atoms with E-state index in [1.807, 2.05) is 33.3 Å². The summed E-state index contributed by atoms with van der Waals surface area (Å²) in [4.78, 5) is 40.0. The van der Waals surface area contributed by atoms with E-state index in [0.717, 1.165) is 57.8 Å². The predicted octanol–water partition coefficient (Wildman–Crippen LogP) is 20.5. The van der Waals surface area contributed by atoms with Crippen LogP contribution in [0.3, 0.4) is 0 Å². The van der Waals surface area contributed by atoms with E-state index in [4.69, 9.17) is 13.8 Å². The van der Waals surface area contributed by atoms with Crippen LogP contribution in [-0.4, -0.2) is 69.4 Å². The average molecular weight is 1110 g/mol. The molecular weight excluding hydrogens is 976 g/mol. The summed E-state index contributed by atoms with van der Waals surface area (Å²) in [5.74, 6) is -0.517. The van der Waals surface area contributed by atoms with Crippen LogP contribution in [0.25, 0.3) is 0 Å². The van der Waals surface area contributed by atoms with Crippen LogP contribution in [0, 0.1) is 0 Å². The van der Waals surface area contributed by atoms with Crippen LogP contribution in [0.15, 0.2) is 12.2 Å². The first-order valence-corrected chi connectivity index (χ1v) is 35.5. The maximum Gasteiger partial charge on any atom is 0.306 e. The van der Waals surface area contributed by atoms with Crippen molar-refractivity contribution in [2.24, 2.45) is 0 Å². The summed E-state index contributed by atoms with van der Waals surface area (Å²) in [6, 6.07) is -0.879. The van der Waals surface area contributed by atoms with Gasteiger partial charge in [-0.2, -0.15) is 0 Å². The van der Waals surface area contributed by atoms with E-state index in [2.05, 4.69) is 26.1 Å². The van der Waals surface area contributed by atoms with E-state index in [1.165, 1.54) is 263 Å². The van der Waals surface area contributed by atoms with Gasteiger partial charge in [-0.1, -0.05) is 322 Å². The molecule has 0 saturated carbocycles. The Morgan fingerprint density at radius 2 is 0.740 bits per heavy atom. The lowest BCUT2D eigenvalue weighted by Crippen LogP contribution is -2.47. The number of hydrogen-bond donors (Lipinski definition) is 1. The Balaban J connectivity index is 5.02. The van der Waals surface area contributed by atoms with Crippen molar-refractivity contribution in [3.05, 3.63) is 12.2 Å². The van der Waals surface area contributed by atoms with Crippen molar-refractivity contribution in [2.75, 3.05) is 40.9 Å². The second kappa shape index (κ2) is 58.0. The van der Waals surface area contributed by atoms with Crippen molar-refractivity contribution in [3.63, 3.8) is 0 Å².